The van der Waals surface area contributed by atoms with Crippen molar-refractivity contribution in [2.45, 2.75) is 79.6 Å². The third-order valence-corrected chi connectivity index (χ3v) is 3.18. The minimum absolute atomic E-state index is 0.113. The van der Waals surface area contributed by atoms with E-state index in [-0.39, 0.29) is 11.8 Å². The van der Waals surface area contributed by atoms with Gasteiger partial charge in [-0.25, -0.2) is 0 Å². The summed E-state index contributed by atoms with van der Waals surface area (Å²) in [5.74, 6) is 0.294. The first kappa shape index (κ1) is 17.5. The van der Waals surface area contributed by atoms with Gasteiger partial charge in [-0.2, -0.15) is 0 Å². The Morgan fingerprint density at radius 3 is 1.94 bits per heavy atom. The summed E-state index contributed by atoms with van der Waals surface area (Å²) in [5.41, 5.74) is 0.487. The smallest absolute Gasteiger partial charge is 0.222 e. The van der Waals surface area contributed by atoms with E-state index in [9.17, 15) is 4.79 Å². The number of carbonyl (C=O) groups is 1. The lowest BCUT2D eigenvalue weighted by Gasteiger charge is -2.17. The molecule has 0 atom stereocenters. The number of hydrogen-bond donors (Lipinski definition) is 1. The molecule has 1 amide bonds. The Balaban J connectivity index is 3.20. The van der Waals surface area contributed by atoms with Crippen LogP contribution in [0.1, 0.15) is 79.6 Å². The molecule has 0 aromatic heterocycles. The van der Waals surface area contributed by atoms with Crippen molar-refractivity contribution in [3.63, 3.8) is 0 Å². The molecule has 0 aromatic rings. The molecule has 108 valence electrons. The van der Waals surface area contributed by atoms with Crippen molar-refractivity contribution >= 4 is 5.91 Å². The fourth-order valence-corrected chi connectivity index (χ4v) is 1.90. The average molecular weight is 255 g/mol. The van der Waals surface area contributed by atoms with Crippen molar-refractivity contribution in [2.75, 3.05) is 6.54 Å². The van der Waals surface area contributed by atoms with Gasteiger partial charge in [-0.05, 0) is 18.3 Å². The topological polar surface area (TPSA) is 29.1 Å². The molecule has 0 aliphatic heterocycles. The van der Waals surface area contributed by atoms with Gasteiger partial charge in [0.05, 0.1) is 0 Å². The number of nitrogens with one attached hydrogen (secondary N) is 1. The summed E-state index contributed by atoms with van der Waals surface area (Å²) >= 11 is 0. The van der Waals surface area contributed by atoms with Gasteiger partial charge >= 0.3 is 0 Å². The van der Waals surface area contributed by atoms with Gasteiger partial charge in [-0.15, -0.1) is 0 Å². The summed E-state index contributed by atoms with van der Waals surface area (Å²) in [7, 11) is 0. The lowest BCUT2D eigenvalue weighted by molar-refractivity contribution is -0.123. The fourth-order valence-electron chi connectivity index (χ4n) is 1.90. The molecule has 0 saturated heterocycles. The molecule has 0 heterocycles. The van der Waals surface area contributed by atoms with Crippen molar-refractivity contribution in [1.82, 2.24) is 5.32 Å². The summed E-state index contributed by atoms with van der Waals surface area (Å²) in [6.45, 7) is 11.6. The first-order valence-electron chi connectivity index (χ1n) is 7.60. The molecule has 1 N–H and O–H groups in total. The van der Waals surface area contributed by atoms with Gasteiger partial charge in [-0.1, -0.05) is 66.7 Å². The third-order valence-electron chi connectivity index (χ3n) is 3.18. The summed E-state index contributed by atoms with van der Waals surface area (Å²) in [6.07, 6.45) is 9.06. The van der Waals surface area contributed by atoms with Gasteiger partial charge in [-0.3, -0.25) is 4.79 Å². The highest BCUT2D eigenvalue weighted by Gasteiger charge is 2.08. The van der Waals surface area contributed by atoms with E-state index < -0.39 is 0 Å². The van der Waals surface area contributed by atoms with Crippen molar-refractivity contribution < 1.29 is 4.79 Å². The van der Waals surface area contributed by atoms with E-state index in [0.717, 1.165) is 13.0 Å². The van der Waals surface area contributed by atoms with Crippen LogP contribution in [0.4, 0.5) is 0 Å². The summed E-state index contributed by atoms with van der Waals surface area (Å²) in [6, 6.07) is 0. The SMILES string of the molecule is CC(C)C(=O)NCCCCCCCCC(C)(C)C. The Morgan fingerprint density at radius 1 is 0.944 bits per heavy atom. The molecule has 0 aliphatic rings. The van der Waals surface area contributed by atoms with Crippen LogP contribution in [0.25, 0.3) is 0 Å². The van der Waals surface area contributed by atoms with Gasteiger partial charge in [0.15, 0.2) is 0 Å². The predicted molar refractivity (Wildman–Crippen MR) is 79.6 cm³/mol. The molecule has 0 saturated carbocycles. The van der Waals surface area contributed by atoms with Crippen LogP contribution >= 0.6 is 0 Å². The third kappa shape index (κ3) is 11.9. The van der Waals surface area contributed by atoms with Gasteiger partial charge in [0, 0.05) is 12.5 Å². The molecule has 0 spiro atoms. The zero-order valence-electron chi connectivity index (χ0n) is 13.1. The quantitative estimate of drug-likeness (QED) is 0.602. The minimum Gasteiger partial charge on any atom is -0.356 e. The number of hydrogen-bond acceptors (Lipinski definition) is 1. The van der Waals surface area contributed by atoms with Crippen LogP contribution in [0.3, 0.4) is 0 Å². The van der Waals surface area contributed by atoms with Gasteiger partial charge in [0.25, 0.3) is 0 Å². The maximum Gasteiger partial charge on any atom is 0.222 e. The Bertz CT molecular complexity index is 216. The first-order valence-corrected chi connectivity index (χ1v) is 7.60. The van der Waals surface area contributed by atoms with Crippen LogP contribution in [0.15, 0.2) is 0 Å². The van der Waals surface area contributed by atoms with Crippen LogP contribution in [0.5, 0.6) is 0 Å². The second-order valence-corrected chi connectivity index (χ2v) is 6.88. The fraction of sp³-hybridized carbons (Fsp3) is 0.938. The van der Waals surface area contributed by atoms with E-state index in [1.165, 1.54) is 38.5 Å². The second-order valence-electron chi connectivity index (χ2n) is 6.88. The molecule has 0 radical (unpaired) electrons. The summed E-state index contributed by atoms with van der Waals surface area (Å²) in [5, 5.41) is 2.97. The highest BCUT2D eigenvalue weighted by atomic mass is 16.1. The largest absolute Gasteiger partial charge is 0.356 e. The van der Waals surface area contributed by atoms with E-state index in [4.69, 9.17) is 0 Å². The van der Waals surface area contributed by atoms with Crippen LogP contribution in [0, 0.1) is 11.3 Å². The number of rotatable bonds is 9. The summed E-state index contributed by atoms with van der Waals surface area (Å²) < 4.78 is 0. The number of amides is 1. The van der Waals surface area contributed by atoms with Gasteiger partial charge < -0.3 is 5.32 Å². The Hall–Kier alpha value is -0.530. The Morgan fingerprint density at radius 2 is 1.44 bits per heavy atom. The zero-order chi connectivity index (χ0) is 14.0. The summed E-state index contributed by atoms with van der Waals surface area (Å²) in [4.78, 5) is 11.3. The highest BCUT2D eigenvalue weighted by Crippen LogP contribution is 2.22. The van der Waals surface area contributed by atoms with E-state index in [0.29, 0.717) is 5.41 Å². The van der Waals surface area contributed by atoms with Gasteiger partial charge in [0.2, 0.25) is 5.91 Å². The lowest BCUT2D eigenvalue weighted by Crippen LogP contribution is -2.28. The Kier molecular flexibility index (Phi) is 9.13. The Labute approximate surface area is 114 Å². The zero-order valence-corrected chi connectivity index (χ0v) is 13.1. The molecular formula is C16H33NO. The number of carbonyl (C=O) groups excluding carboxylic acids is 1. The standard InChI is InChI=1S/C16H33NO/c1-14(2)15(18)17-13-11-9-7-6-8-10-12-16(3,4)5/h14H,6-13H2,1-5H3,(H,17,18). The van der Waals surface area contributed by atoms with Crippen LogP contribution in [-0.4, -0.2) is 12.5 Å². The molecule has 2 nitrogen and oxygen atoms in total. The normalized spacial score (nSPS) is 11.9. The minimum atomic E-state index is 0.113. The predicted octanol–water partition coefficient (Wildman–Crippen LogP) is 4.54. The molecule has 0 fully saturated rings. The maximum absolute atomic E-state index is 11.3. The maximum atomic E-state index is 11.3. The molecule has 0 rings (SSSR count). The second kappa shape index (κ2) is 9.41. The average Bonchev–Trinajstić information content (AvgIpc) is 2.24. The van der Waals surface area contributed by atoms with Crippen LogP contribution in [0.2, 0.25) is 0 Å². The molecule has 0 aromatic carbocycles. The van der Waals surface area contributed by atoms with Crippen molar-refractivity contribution in [1.29, 1.82) is 0 Å². The van der Waals surface area contributed by atoms with Crippen molar-refractivity contribution in [3.05, 3.63) is 0 Å². The molecule has 18 heavy (non-hydrogen) atoms. The first-order chi connectivity index (χ1) is 8.33. The van der Waals surface area contributed by atoms with Crippen LogP contribution < -0.4 is 5.32 Å². The van der Waals surface area contributed by atoms with E-state index in [1.807, 2.05) is 13.8 Å². The lowest BCUT2D eigenvalue weighted by atomic mass is 9.89. The molecule has 0 unspecified atom stereocenters. The molecule has 0 aliphatic carbocycles. The van der Waals surface area contributed by atoms with E-state index >= 15 is 0 Å². The molecule has 0 bridgehead atoms. The van der Waals surface area contributed by atoms with Gasteiger partial charge in [0.1, 0.15) is 0 Å². The van der Waals surface area contributed by atoms with E-state index in [2.05, 4.69) is 26.1 Å². The van der Waals surface area contributed by atoms with E-state index in [1.54, 1.807) is 0 Å². The molecule has 2 heteroatoms. The van der Waals surface area contributed by atoms with Crippen molar-refractivity contribution in [3.8, 4) is 0 Å². The highest BCUT2D eigenvalue weighted by molar-refractivity contribution is 5.77. The number of unbranched alkanes of at least 4 members (excludes halogenated alkanes) is 5. The molecular weight excluding hydrogens is 222 g/mol. The van der Waals surface area contributed by atoms with Crippen molar-refractivity contribution in [2.24, 2.45) is 11.3 Å². The van der Waals surface area contributed by atoms with Crippen LogP contribution in [-0.2, 0) is 4.79 Å². The monoisotopic (exact) mass is 255 g/mol.